The summed E-state index contributed by atoms with van der Waals surface area (Å²) in [6.45, 7) is 6.65. The number of hydrogen-bond acceptors (Lipinski definition) is 2. The highest BCUT2D eigenvalue weighted by Gasteiger charge is 2.26. The van der Waals surface area contributed by atoms with Crippen molar-refractivity contribution in [3.05, 3.63) is 69.3 Å². The molecule has 0 radical (unpaired) electrons. The molecule has 1 N–H and O–H groups in total. The zero-order valence-corrected chi connectivity index (χ0v) is 17.5. The Balaban J connectivity index is 1.72. The van der Waals surface area contributed by atoms with E-state index < -0.39 is 0 Å². The number of hydrogen-bond donors (Lipinski definition) is 1. The minimum Gasteiger partial charge on any atom is -0.358 e. The average molecular weight is 425 g/mol. The zero-order chi connectivity index (χ0) is 19.0. The molecule has 0 saturated carbocycles. The number of aromatic nitrogens is 1. The van der Waals surface area contributed by atoms with Crippen molar-refractivity contribution in [3.63, 3.8) is 0 Å². The number of aryl methyl sites for hydroxylation is 1. The normalized spacial score (nSPS) is 16.7. The van der Waals surface area contributed by atoms with E-state index in [0.29, 0.717) is 11.6 Å². The molecule has 0 fully saturated rings. The fourth-order valence-electron chi connectivity index (χ4n) is 4.39. The van der Waals surface area contributed by atoms with Gasteiger partial charge in [-0.2, -0.15) is 0 Å². The largest absolute Gasteiger partial charge is 0.358 e. The maximum absolute atomic E-state index is 13.0. The van der Waals surface area contributed by atoms with Gasteiger partial charge in [-0.05, 0) is 68.2 Å². The summed E-state index contributed by atoms with van der Waals surface area (Å²) in [5.41, 5.74) is 5.35. The maximum atomic E-state index is 13.0. The van der Waals surface area contributed by atoms with Crippen LogP contribution in [0.4, 0.5) is 0 Å². The minimum atomic E-state index is 0.0652. The van der Waals surface area contributed by atoms with Crippen LogP contribution >= 0.6 is 15.9 Å². The molecule has 27 heavy (non-hydrogen) atoms. The summed E-state index contributed by atoms with van der Waals surface area (Å²) in [6.07, 6.45) is 3.34. The molecule has 3 nitrogen and oxygen atoms in total. The van der Waals surface area contributed by atoms with Gasteiger partial charge in [0, 0.05) is 38.2 Å². The Bertz CT molecular complexity index is 987. The average Bonchev–Trinajstić information content (AvgIpc) is 3.06. The molecule has 0 aliphatic heterocycles. The Morgan fingerprint density at radius 2 is 1.96 bits per heavy atom. The molecule has 4 rings (SSSR count). The molecule has 1 aromatic heterocycles. The third-order valence-electron chi connectivity index (χ3n) is 5.87. The number of H-pyrrole nitrogens is 1. The number of benzene rings is 2. The molecule has 1 unspecified atom stereocenters. The molecule has 2 aromatic carbocycles. The van der Waals surface area contributed by atoms with E-state index in [0.717, 1.165) is 41.5 Å². The second-order valence-corrected chi connectivity index (χ2v) is 8.12. The third kappa shape index (κ3) is 3.37. The van der Waals surface area contributed by atoms with Crippen molar-refractivity contribution in [3.8, 4) is 0 Å². The summed E-state index contributed by atoms with van der Waals surface area (Å²) < 4.78 is 0.841. The zero-order valence-electron chi connectivity index (χ0n) is 15.9. The third-order valence-corrected chi connectivity index (χ3v) is 6.56. The minimum absolute atomic E-state index is 0.0652. The molecule has 0 saturated heterocycles. The molecule has 1 heterocycles. The monoisotopic (exact) mass is 424 g/mol. The second-order valence-electron chi connectivity index (χ2n) is 7.27. The number of likely N-dealkylation sites (N-methyl/N-ethyl adjacent to an activating group) is 1. The Labute approximate surface area is 168 Å². The molecule has 4 heteroatoms. The quantitative estimate of drug-likeness (QED) is 0.559. The lowest BCUT2D eigenvalue weighted by Crippen LogP contribution is -2.38. The molecule has 3 aromatic rings. The predicted molar refractivity (Wildman–Crippen MR) is 115 cm³/mol. The van der Waals surface area contributed by atoms with Crippen LogP contribution in [0.15, 0.2) is 46.9 Å². The van der Waals surface area contributed by atoms with Crippen molar-refractivity contribution in [1.82, 2.24) is 9.88 Å². The van der Waals surface area contributed by atoms with Gasteiger partial charge in [0.15, 0.2) is 5.78 Å². The van der Waals surface area contributed by atoms with Gasteiger partial charge in [-0.15, -0.1) is 0 Å². The number of rotatable bonds is 5. The summed E-state index contributed by atoms with van der Waals surface area (Å²) >= 11 is 3.50. The number of halogens is 1. The first kappa shape index (κ1) is 18.5. The number of nitrogens with one attached hydrogen (secondary N) is 1. The number of carbonyl (C=O) groups is 1. The SMILES string of the molecule is CCN(CC)C1CCc2[nH]c3ccc(C(=O)c4ccccc4Br)cc3c2C1. The number of carbonyl (C=O) groups excluding carboxylic acids is 1. The summed E-state index contributed by atoms with van der Waals surface area (Å²) in [7, 11) is 0. The van der Waals surface area contributed by atoms with Gasteiger partial charge in [0.25, 0.3) is 0 Å². The summed E-state index contributed by atoms with van der Waals surface area (Å²) in [4.78, 5) is 19.2. The Hall–Kier alpha value is -1.91. The van der Waals surface area contributed by atoms with Crippen LogP contribution < -0.4 is 0 Å². The number of ketones is 1. The molecule has 1 aliphatic rings. The topological polar surface area (TPSA) is 36.1 Å². The van der Waals surface area contributed by atoms with Gasteiger partial charge in [0.05, 0.1) is 0 Å². The van der Waals surface area contributed by atoms with E-state index >= 15 is 0 Å². The smallest absolute Gasteiger partial charge is 0.194 e. The highest BCUT2D eigenvalue weighted by molar-refractivity contribution is 9.10. The highest BCUT2D eigenvalue weighted by atomic mass is 79.9. The van der Waals surface area contributed by atoms with E-state index in [4.69, 9.17) is 0 Å². The summed E-state index contributed by atoms with van der Waals surface area (Å²) in [5.74, 6) is 0.0652. The van der Waals surface area contributed by atoms with E-state index in [2.05, 4.69) is 51.8 Å². The van der Waals surface area contributed by atoms with E-state index in [1.165, 1.54) is 23.1 Å². The molecule has 140 valence electrons. The molecular weight excluding hydrogens is 400 g/mol. The van der Waals surface area contributed by atoms with Gasteiger partial charge in [0.1, 0.15) is 0 Å². The first-order valence-electron chi connectivity index (χ1n) is 9.79. The van der Waals surface area contributed by atoms with Gasteiger partial charge in [-0.3, -0.25) is 4.79 Å². The van der Waals surface area contributed by atoms with Crippen LogP contribution in [0.5, 0.6) is 0 Å². The van der Waals surface area contributed by atoms with Crippen molar-refractivity contribution < 1.29 is 4.79 Å². The molecular formula is C23H25BrN2O. The van der Waals surface area contributed by atoms with Crippen molar-refractivity contribution in [2.24, 2.45) is 0 Å². The lowest BCUT2D eigenvalue weighted by atomic mass is 9.89. The standard InChI is InChI=1S/C23H25BrN2O/c1-3-26(4-2)16-10-12-22-19(14-16)18-13-15(9-11-21(18)25-22)23(27)17-7-5-6-8-20(17)24/h5-9,11,13,16,25H,3-4,10,12,14H2,1-2H3. The van der Waals surface area contributed by atoms with Crippen LogP contribution in [0.1, 0.15) is 47.4 Å². The Morgan fingerprint density at radius 3 is 2.70 bits per heavy atom. The van der Waals surface area contributed by atoms with Crippen LogP contribution in [0.2, 0.25) is 0 Å². The Morgan fingerprint density at radius 1 is 1.19 bits per heavy atom. The number of aromatic amines is 1. The van der Waals surface area contributed by atoms with E-state index in [-0.39, 0.29) is 5.78 Å². The fourth-order valence-corrected chi connectivity index (χ4v) is 4.86. The van der Waals surface area contributed by atoms with Crippen LogP contribution in [0.3, 0.4) is 0 Å². The van der Waals surface area contributed by atoms with Crippen molar-refractivity contribution in [2.75, 3.05) is 13.1 Å². The van der Waals surface area contributed by atoms with Crippen molar-refractivity contribution in [2.45, 2.75) is 39.2 Å². The molecule has 0 spiro atoms. The first-order valence-corrected chi connectivity index (χ1v) is 10.6. The maximum Gasteiger partial charge on any atom is 0.194 e. The molecule has 1 atom stereocenters. The number of fused-ring (bicyclic) bond motifs is 3. The van der Waals surface area contributed by atoms with Crippen molar-refractivity contribution in [1.29, 1.82) is 0 Å². The van der Waals surface area contributed by atoms with E-state index in [1.54, 1.807) is 0 Å². The summed E-state index contributed by atoms with van der Waals surface area (Å²) in [5, 5.41) is 1.21. The molecule has 1 aliphatic carbocycles. The number of nitrogens with zero attached hydrogens (tertiary/aromatic N) is 1. The first-order chi connectivity index (χ1) is 13.1. The van der Waals surface area contributed by atoms with E-state index in [1.807, 2.05) is 30.3 Å². The van der Waals surface area contributed by atoms with Crippen LogP contribution in [-0.4, -0.2) is 34.8 Å². The van der Waals surface area contributed by atoms with Gasteiger partial charge in [-0.25, -0.2) is 0 Å². The lowest BCUT2D eigenvalue weighted by molar-refractivity contribution is 0.103. The summed E-state index contributed by atoms with van der Waals surface area (Å²) in [6, 6.07) is 14.3. The van der Waals surface area contributed by atoms with Crippen LogP contribution in [0.25, 0.3) is 10.9 Å². The van der Waals surface area contributed by atoms with Gasteiger partial charge in [-0.1, -0.05) is 41.9 Å². The highest BCUT2D eigenvalue weighted by Crippen LogP contribution is 2.32. The second kappa shape index (κ2) is 7.61. The lowest BCUT2D eigenvalue weighted by Gasteiger charge is -2.32. The van der Waals surface area contributed by atoms with Gasteiger partial charge >= 0.3 is 0 Å². The van der Waals surface area contributed by atoms with E-state index in [9.17, 15) is 4.79 Å². The van der Waals surface area contributed by atoms with Gasteiger partial charge in [0.2, 0.25) is 0 Å². The van der Waals surface area contributed by atoms with Crippen molar-refractivity contribution >= 4 is 32.6 Å². The predicted octanol–water partition coefficient (Wildman–Crippen LogP) is 5.36. The fraction of sp³-hybridized carbons (Fsp3) is 0.348. The molecule has 0 bridgehead atoms. The van der Waals surface area contributed by atoms with Gasteiger partial charge < -0.3 is 9.88 Å². The van der Waals surface area contributed by atoms with Crippen LogP contribution in [0, 0.1) is 0 Å². The van der Waals surface area contributed by atoms with Crippen LogP contribution in [-0.2, 0) is 12.8 Å². The Kier molecular flexibility index (Phi) is 5.20. The molecule has 0 amide bonds.